The number of carbonyl (C=O) groups excluding carboxylic acids is 1. The average Bonchev–Trinajstić information content (AvgIpc) is 2.49. The Hall–Kier alpha value is -0.680. The minimum Gasteiger partial charge on any atom is -0.289 e. The van der Waals surface area contributed by atoms with Crippen LogP contribution in [0.25, 0.3) is 0 Å². The Morgan fingerprint density at radius 1 is 1.14 bits per heavy atom. The average molecular weight is 457 g/mol. The molecule has 0 fully saturated rings. The van der Waals surface area contributed by atoms with Crippen LogP contribution in [0.3, 0.4) is 0 Å². The van der Waals surface area contributed by atoms with Gasteiger partial charge < -0.3 is 0 Å². The van der Waals surface area contributed by atoms with Gasteiger partial charge in [-0.05, 0) is 58.2 Å². The minimum absolute atomic E-state index is 0.0709. The van der Waals surface area contributed by atoms with Gasteiger partial charge in [-0.25, -0.2) is 0 Å². The molecule has 0 amide bonds. The van der Waals surface area contributed by atoms with E-state index < -0.39 is 0 Å². The van der Waals surface area contributed by atoms with Crippen molar-refractivity contribution in [3.05, 3.63) is 67.2 Å². The van der Waals surface area contributed by atoms with E-state index in [-0.39, 0.29) is 11.2 Å². The van der Waals surface area contributed by atoms with Crippen molar-refractivity contribution in [1.82, 2.24) is 0 Å². The number of benzene rings is 2. The lowest BCUT2D eigenvalue weighted by Crippen LogP contribution is -2.15. The normalized spacial score (nSPS) is 11.5. The maximum Gasteiger partial charge on any atom is 0.194 e. The Morgan fingerprint density at radius 2 is 1.76 bits per heavy atom. The second-order valence-electron chi connectivity index (χ2n) is 5.77. The first-order valence-corrected chi connectivity index (χ1v) is 8.82. The maximum atomic E-state index is 12.6. The fourth-order valence-electron chi connectivity index (χ4n) is 2.10. The Labute approximate surface area is 148 Å². The van der Waals surface area contributed by atoms with Crippen LogP contribution in [-0.2, 0) is 5.41 Å². The molecule has 0 radical (unpaired) electrons. The van der Waals surface area contributed by atoms with E-state index >= 15 is 0 Å². The van der Waals surface area contributed by atoms with Crippen molar-refractivity contribution in [1.29, 1.82) is 0 Å². The first-order chi connectivity index (χ1) is 9.85. The zero-order valence-electron chi connectivity index (χ0n) is 12.4. The number of carbonyl (C=O) groups is 1. The second-order valence-corrected chi connectivity index (χ2v) is 7.85. The molecule has 2 rings (SSSR count). The van der Waals surface area contributed by atoms with Crippen molar-refractivity contribution in [3.8, 4) is 0 Å². The number of halogens is 2. The Balaban J connectivity index is 2.35. The third kappa shape index (κ3) is 3.75. The summed E-state index contributed by atoms with van der Waals surface area (Å²) in [6.07, 6.45) is 1.07. The molecular formula is C18H18BrIO. The number of hydrogen-bond acceptors (Lipinski definition) is 1. The molecule has 0 aliphatic rings. The van der Waals surface area contributed by atoms with E-state index in [1.807, 2.05) is 30.3 Å². The van der Waals surface area contributed by atoms with Gasteiger partial charge in [0.2, 0.25) is 0 Å². The van der Waals surface area contributed by atoms with Crippen LogP contribution < -0.4 is 0 Å². The van der Waals surface area contributed by atoms with E-state index in [0.717, 1.165) is 25.6 Å². The number of rotatable bonds is 4. The number of hydrogen-bond donors (Lipinski definition) is 0. The monoisotopic (exact) mass is 456 g/mol. The van der Waals surface area contributed by atoms with Gasteiger partial charge in [0.1, 0.15) is 0 Å². The molecule has 0 N–H and O–H groups in total. The summed E-state index contributed by atoms with van der Waals surface area (Å²) in [5, 5.41) is 0. The van der Waals surface area contributed by atoms with Gasteiger partial charge >= 0.3 is 0 Å². The van der Waals surface area contributed by atoms with Gasteiger partial charge in [0.15, 0.2) is 5.78 Å². The van der Waals surface area contributed by atoms with Crippen LogP contribution >= 0.6 is 38.5 Å². The van der Waals surface area contributed by atoms with Gasteiger partial charge in [-0.1, -0.05) is 61.0 Å². The van der Waals surface area contributed by atoms with Crippen LogP contribution in [0.5, 0.6) is 0 Å². The molecule has 0 saturated carbocycles. The molecule has 3 heteroatoms. The zero-order valence-corrected chi connectivity index (χ0v) is 16.2. The number of ketones is 1. The molecule has 0 heterocycles. The SMILES string of the molecule is CCC(C)(C)c1ccc(C(=O)c2cc(Br)ccc2I)cc1. The summed E-state index contributed by atoms with van der Waals surface area (Å²) < 4.78 is 1.90. The highest BCUT2D eigenvalue weighted by Crippen LogP contribution is 2.27. The Kier molecular flexibility index (Phi) is 5.25. The van der Waals surface area contributed by atoms with Crippen LogP contribution in [0.15, 0.2) is 46.9 Å². The van der Waals surface area contributed by atoms with Crippen LogP contribution in [0.2, 0.25) is 0 Å². The van der Waals surface area contributed by atoms with Gasteiger partial charge in [-0.2, -0.15) is 0 Å². The third-order valence-electron chi connectivity index (χ3n) is 3.99. The summed E-state index contributed by atoms with van der Waals surface area (Å²) in [5.41, 5.74) is 2.89. The molecule has 0 unspecified atom stereocenters. The van der Waals surface area contributed by atoms with Gasteiger partial charge in [-0.15, -0.1) is 0 Å². The predicted molar refractivity (Wildman–Crippen MR) is 100 cm³/mol. The summed E-state index contributed by atoms with van der Waals surface area (Å²) in [6, 6.07) is 13.8. The fraction of sp³-hybridized carbons (Fsp3) is 0.278. The van der Waals surface area contributed by atoms with Crippen LogP contribution in [0, 0.1) is 3.57 Å². The molecule has 0 bridgehead atoms. The van der Waals surface area contributed by atoms with Crippen LogP contribution in [0.1, 0.15) is 48.7 Å². The van der Waals surface area contributed by atoms with Crippen molar-refractivity contribution in [2.75, 3.05) is 0 Å². The smallest absolute Gasteiger partial charge is 0.194 e. The molecule has 0 saturated heterocycles. The van der Waals surface area contributed by atoms with E-state index in [1.54, 1.807) is 0 Å². The van der Waals surface area contributed by atoms with Gasteiger partial charge in [0.25, 0.3) is 0 Å². The molecule has 1 nitrogen and oxygen atoms in total. The quantitative estimate of drug-likeness (QED) is 0.409. The van der Waals surface area contributed by atoms with Crippen LogP contribution in [-0.4, -0.2) is 5.78 Å². The van der Waals surface area contributed by atoms with Gasteiger partial charge in [0.05, 0.1) is 0 Å². The molecule has 110 valence electrons. The van der Waals surface area contributed by atoms with Gasteiger partial charge in [-0.3, -0.25) is 4.79 Å². The topological polar surface area (TPSA) is 17.1 Å². The Bertz CT molecular complexity index is 659. The molecule has 0 atom stereocenters. The first kappa shape index (κ1) is 16.7. The van der Waals surface area contributed by atoms with E-state index in [4.69, 9.17) is 0 Å². The first-order valence-electron chi connectivity index (χ1n) is 6.95. The van der Waals surface area contributed by atoms with Crippen molar-refractivity contribution >= 4 is 44.3 Å². The molecule has 0 spiro atoms. The highest BCUT2D eigenvalue weighted by Gasteiger charge is 2.19. The largest absolute Gasteiger partial charge is 0.289 e. The molecular weight excluding hydrogens is 439 g/mol. The van der Waals surface area contributed by atoms with E-state index in [1.165, 1.54) is 5.56 Å². The lowest BCUT2D eigenvalue weighted by Gasteiger charge is -2.23. The molecule has 0 aromatic heterocycles. The molecule has 2 aromatic rings. The van der Waals surface area contributed by atoms with E-state index in [9.17, 15) is 4.79 Å². The van der Waals surface area contributed by atoms with Crippen molar-refractivity contribution < 1.29 is 4.79 Å². The standard InChI is InChI=1S/C18H18BrIO/c1-4-18(2,3)13-7-5-12(6-8-13)17(21)15-11-14(19)9-10-16(15)20/h5-11H,4H2,1-3H3. The highest BCUT2D eigenvalue weighted by molar-refractivity contribution is 14.1. The minimum atomic E-state index is 0.0709. The molecule has 0 aliphatic carbocycles. The molecule has 0 aliphatic heterocycles. The Morgan fingerprint density at radius 3 is 2.33 bits per heavy atom. The van der Waals surface area contributed by atoms with Crippen molar-refractivity contribution in [2.45, 2.75) is 32.6 Å². The lowest BCUT2D eigenvalue weighted by atomic mass is 9.82. The molecule has 21 heavy (non-hydrogen) atoms. The predicted octanol–water partition coefficient (Wildman–Crippen LogP) is 5.97. The van der Waals surface area contributed by atoms with Crippen molar-refractivity contribution in [3.63, 3.8) is 0 Å². The second kappa shape index (κ2) is 6.61. The lowest BCUT2D eigenvalue weighted by molar-refractivity contribution is 0.103. The van der Waals surface area contributed by atoms with Gasteiger partial charge in [0, 0.05) is 19.2 Å². The third-order valence-corrected chi connectivity index (χ3v) is 5.42. The summed E-state index contributed by atoms with van der Waals surface area (Å²) in [4.78, 5) is 12.6. The maximum absolute atomic E-state index is 12.6. The van der Waals surface area contributed by atoms with Crippen molar-refractivity contribution in [2.24, 2.45) is 0 Å². The van der Waals surface area contributed by atoms with Crippen LogP contribution in [0.4, 0.5) is 0 Å². The molecule has 2 aromatic carbocycles. The van der Waals surface area contributed by atoms with E-state index in [0.29, 0.717) is 0 Å². The zero-order chi connectivity index (χ0) is 15.6. The summed E-state index contributed by atoms with van der Waals surface area (Å²) >= 11 is 5.63. The summed E-state index contributed by atoms with van der Waals surface area (Å²) in [6.45, 7) is 6.63. The summed E-state index contributed by atoms with van der Waals surface area (Å²) in [7, 11) is 0. The van der Waals surface area contributed by atoms with E-state index in [2.05, 4.69) is 71.4 Å². The fourth-order valence-corrected chi connectivity index (χ4v) is 3.05. The summed E-state index contributed by atoms with van der Waals surface area (Å²) in [5.74, 6) is 0.0709. The highest BCUT2D eigenvalue weighted by atomic mass is 127.